The minimum Gasteiger partial charge on any atom is -0.493 e. The van der Waals surface area contributed by atoms with Crippen molar-refractivity contribution in [1.29, 1.82) is 0 Å². The molecule has 0 aliphatic carbocycles. The van der Waals surface area contributed by atoms with Gasteiger partial charge in [0.1, 0.15) is 0 Å². The average Bonchev–Trinajstić information content (AvgIpc) is 2.26. The molecule has 2 N–H and O–H groups in total. The molecule has 0 aliphatic heterocycles. The largest absolute Gasteiger partial charge is 0.493 e. The lowest BCUT2D eigenvalue weighted by Crippen LogP contribution is -2.20. The summed E-state index contributed by atoms with van der Waals surface area (Å²) in [6.07, 6.45) is -5.41. The van der Waals surface area contributed by atoms with Crippen LogP contribution in [-0.4, -0.2) is 20.4 Å². The van der Waals surface area contributed by atoms with Gasteiger partial charge in [-0.2, -0.15) is 13.2 Å². The van der Waals surface area contributed by atoms with E-state index in [1.165, 1.54) is 26.4 Å². The first-order valence-electron chi connectivity index (χ1n) is 5.02. The molecule has 0 aliphatic rings. The Hall–Kier alpha value is -0.660. The lowest BCUT2D eigenvalue weighted by molar-refractivity contribution is -0.138. The van der Waals surface area contributed by atoms with Gasteiger partial charge in [0.2, 0.25) is 0 Å². The maximum atomic E-state index is 12.3. The van der Waals surface area contributed by atoms with Crippen molar-refractivity contribution in [3.05, 3.63) is 22.2 Å². The van der Waals surface area contributed by atoms with Crippen LogP contribution in [0.1, 0.15) is 18.0 Å². The predicted octanol–water partition coefficient (Wildman–Crippen LogP) is 3.84. The molecule has 0 spiro atoms. The zero-order valence-corrected chi connectivity index (χ0v) is 12.7. The summed E-state index contributed by atoms with van der Waals surface area (Å²) >= 11 is 3.18. The van der Waals surface area contributed by atoms with Crippen LogP contribution in [-0.2, 0) is 0 Å². The number of alkyl halides is 3. The summed E-state index contributed by atoms with van der Waals surface area (Å²) < 4.78 is 47.4. The molecule has 1 aromatic carbocycles. The van der Waals surface area contributed by atoms with Crippen LogP contribution in [0, 0.1) is 0 Å². The summed E-state index contributed by atoms with van der Waals surface area (Å²) in [5, 5.41) is 0. The van der Waals surface area contributed by atoms with Gasteiger partial charge in [-0.05, 0) is 17.7 Å². The monoisotopic (exact) mass is 363 g/mol. The van der Waals surface area contributed by atoms with E-state index in [9.17, 15) is 13.2 Å². The highest BCUT2D eigenvalue weighted by atomic mass is 79.9. The molecule has 3 nitrogen and oxygen atoms in total. The topological polar surface area (TPSA) is 44.5 Å². The lowest BCUT2D eigenvalue weighted by atomic mass is 10.0. The van der Waals surface area contributed by atoms with Crippen LogP contribution < -0.4 is 15.2 Å². The molecule has 0 radical (unpaired) electrons. The molecular formula is C11H14BrClF3NO2. The van der Waals surface area contributed by atoms with Crippen molar-refractivity contribution in [2.24, 2.45) is 5.73 Å². The van der Waals surface area contributed by atoms with E-state index in [0.29, 0.717) is 21.5 Å². The number of nitrogens with two attached hydrogens (primary N) is 1. The summed E-state index contributed by atoms with van der Waals surface area (Å²) in [4.78, 5) is 0. The zero-order chi connectivity index (χ0) is 13.9. The van der Waals surface area contributed by atoms with Gasteiger partial charge in [0, 0.05) is 10.5 Å². The molecule has 0 fully saturated rings. The van der Waals surface area contributed by atoms with Crippen molar-refractivity contribution in [3.63, 3.8) is 0 Å². The molecule has 8 heteroatoms. The Bertz CT molecular complexity index is 429. The number of hydrogen-bond donors (Lipinski definition) is 1. The van der Waals surface area contributed by atoms with Gasteiger partial charge in [0.15, 0.2) is 11.5 Å². The number of rotatable bonds is 4. The van der Waals surface area contributed by atoms with Crippen molar-refractivity contribution in [2.75, 3.05) is 14.2 Å². The van der Waals surface area contributed by atoms with Crippen LogP contribution in [0.25, 0.3) is 0 Å². The van der Waals surface area contributed by atoms with Gasteiger partial charge in [-0.25, -0.2) is 0 Å². The molecule has 1 atom stereocenters. The molecule has 0 aromatic heterocycles. The maximum Gasteiger partial charge on any atom is 0.390 e. The molecular weight excluding hydrogens is 350 g/mol. The van der Waals surface area contributed by atoms with E-state index in [2.05, 4.69) is 15.9 Å². The van der Waals surface area contributed by atoms with Gasteiger partial charge in [0.25, 0.3) is 0 Å². The quantitative estimate of drug-likeness (QED) is 0.883. The fourth-order valence-electron chi connectivity index (χ4n) is 1.51. The third-order valence-electron chi connectivity index (χ3n) is 2.35. The molecule has 0 heterocycles. The zero-order valence-electron chi connectivity index (χ0n) is 10.3. The predicted molar refractivity (Wildman–Crippen MR) is 72.1 cm³/mol. The van der Waals surface area contributed by atoms with Crippen LogP contribution in [0.2, 0.25) is 0 Å². The molecule has 0 bridgehead atoms. The maximum absolute atomic E-state index is 12.3. The van der Waals surface area contributed by atoms with E-state index < -0.39 is 18.6 Å². The van der Waals surface area contributed by atoms with Crippen LogP contribution in [0.3, 0.4) is 0 Å². The first-order valence-corrected chi connectivity index (χ1v) is 5.81. The smallest absolute Gasteiger partial charge is 0.390 e. The van der Waals surface area contributed by atoms with Gasteiger partial charge < -0.3 is 15.2 Å². The van der Waals surface area contributed by atoms with Crippen molar-refractivity contribution in [1.82, 2.24) is 0 Å². The second-order valence-corrected chi connectivity index (χ2v) is 4.51. The van der Waals surface area contributed by atoms with Gasteiger partial charge in [-0.1, -0.05) is 15.9 Å². The number of benzene rings is 1. The summed E-state index contributed by atoms with van der Waals surface area (Å²) in [5.74, 6) is 0.764. The van der Waals surface area contributed by atoms with Gasteiger partial charge in [-0.3, -0.25) is 0 Å². The molecule has 0 unspecified atom stereocenters. The van der Waals surface area contributed by atoms with E-state index in [1.54, 1.807) is 0 Å². The molecule has 0 amide bonds. The Balaban J connectivity index is 0.00000324. The Labute approximate surface area is 123 Å². The summed E-state index contributed by atoms with van der Waals surface area (Å²) in [6.45, 7) is 0. The second-order valence-electron chi connectivity index (χ2n) is 3.65. The highest BCUT2D eigenvalue weighted by Crippen LogP contribution is 2.38. The molecule has 110 valence electrons. The lowest BCUT2D eigenvalue weighted by Gasteiger charge is -2.18. The minimum atomic E-state index is -4.31. The molecule has 19 heavy (non-hydrogen) atoms. The number of hydrogen-bond acceptors (Lipinski definition) is 3. The van der Waals surface area contributed by atoms with Crippen LogP contribution in [0.15, 0.2) is 16.6 Å². The molecule has 0 saturated carbocycles. The normalized spacial score (nSPS) is 12.6. The Morgan fingerprint density at radius 1 is 1.21 bits per heavy atom. The molecule has 1 rings (SSSR count). The van der Waals surface area contributed by atoms with Gasteiger partial charge >= 0.3 is 6.18 Å². The average molecular weight is 365 g/mol. The minimum absolute atomic E-state index is 0. The number of halogens is 5. The van der Waals surface area contributed by atoms with Crippen molar-refractivity contribution >= 4 is 28.3 Å². The third kappa shape index (κ3) is 5.08. The van der Waals surface area contributed by atoms with E-state index in [0.717, 1.165) is 0 Å². The number of ether oxygens (including phenoxy) is 2. The van der Waals surface area contributed by atoms with Gasteiger partial charge in [0.05, 0.1) is 20.6 Å². The van der Waals surface area contributed by atoms with Crippen LogP contribution in [0.5, 0.6) is 11.5 Å². The fraction of sp³-hybridized carbons (Fsp3) is 0.455. The second kappa shape index (κ2) is 7.21. The van der Waals surface area contributed by atoms with Crippen molar-refractivity contribution in [2.45, 2.75) is 18.6 Å². The fourth-order valence-corrected chi connectivity index (χ4v) is 2.13. The highest BCUT2D eigenvalue weighted by Gasteiger charge is 2.32. The van der Waals surface area contributed by atoms with E-state index in [4.69, 9.17) is 15.2 Å². The first-order chi connectivity index (χ1) is 8.28. The summed E-state index contributed by atoms with van der Waals surface area (Å²) in [5.41, 5.74) is 5.87. The summed E-state index contributed by atoms with van der Waals surface area (Å²) in [6, 6.07) is 1.82. The Kier molecular flexibility index (Phi) is 6.96. The first kappa shape index (κ1) is 18.3. The van der Waals surface area contributed by atoms with E-state index in [-0.39, 0.29) is 12.4 Å². The SMILES string of the molecule is COc1cc(Br)c([C@H](N)CC(F)(F)F)cc1OC.Cl. The van der Waals surface area contributed by atoms with E-state index in [1.807, 2.05) is 0 Å². The van der Waals surface area contributed by atoms with Crippen molar-refractivity contribution in [3.8, 4) is 11.5 Å². The van der Waals surface area contributed by atoms with Crippen molar-refractivity contribution < 1.29 is 22.6 Å². The Morgan fingerprint density at radius 3 is 2.11 bits per heavy atom. The number of methoxy groups -OCH3 is 2. The van der Waals surface area contributed by atoms with E-state index >= 15 is 0 Å². The molecule has 1 aromatic rings. The Morgan fingerprint density at radius 2 is 1.68 bits per heavy atom. The standard InChI is InChI=1S/C11H13BrF3NO2.ClH/c1-17-9-3-6(7(12)4-10(9)18-2)8(16)5-11(13,14)15;/h3-4,8H,5,16H2,1-2H3;1H/t8-;/m1./s1. The van der Waals surface area contributed by atoms with Crippen LogP contribution >= 0.6 is 28.3 Å². The molecule has 0 saturated heterocycles. The highest BCUT2D eigenvalue weighted by molar-refractivity contribution is 9.10. The third-order valence-corrected chi connectivity index (χ3v) is 3.04. The van der Waals surface area contributed by atoms with Gasteiger partial charge in [-0.15, -0.1) is 12.4 Å². The van der Waals surface area contributed by atoms with Crippen LogP contribution in [0.4, 0.5) is 13.2 Å². The summed E-state index contributed by atoms with van der Waals surface area (Å²) in [7, 11) is 2.85.